The van der Waals surface area contributed by atoms with Crippen molar-refractivity contribution < 1.29 is 9.53 Å². The van der Waals surface area contributed by atoms with Gasteiger partial charge in [0.25, 0.3) is 5.56 Å². The summed E-state index contributed by atoms with van der Waals surface area (Å²) in [4.78, 5) is 23.8. The zero-order chi connectivity index (χ0) is 16.3. The fraction of sp³-hybridized carbons (Fsp3) is 0.412. The monoisotopic (exact) mass is 302 g/mol. The van der Waals surface area contributed by atoms with E-state index in [0.29, 0.717) is 17.0 Å². The zero-order valence-corrected chi connectivity index (χ0v) is 13.2. The molecular weight excluding hydrogens is 280 g/mol. The smallest absolute Gasteiger partial charge is 0.302 e. The molecule has 1 aromatic heterocycles. The molecular formula is C17H22N2O3. The maximum Gasteiger partial charge on any atom is 0.302 e. The first-order valence-electron chi connectivity index (χ1n) is 7.43. The fourth-order valence-electron chi connectivity index (χ4n) is 2.62. The topological polar surface area (TPSA) is 74.3 Å². The molecule has 0 unspecified atom stereocenters. The molecule has 5 heteroatoms. The maximum absolute atomic E-state index is 12.7. The second-order valence-electron chi connectivity index (χ2n) is 5.92. The molecule has 0 bridgehead atoms. The molecule has 0 saturated heterocycles. The third-order valence-electron chi connectivity index (χ3n) is 3.62. The second kappa shape index (κ2) is 6.64. The van der Waals surface area contributed by atoms with E-state index in [1.54, 1.807) is 29.0 Å². The van der Waals surface area contributed by atoms with Gasteiger partial charge in [-0.2, -0.15) is 0 Å². The summed E-state index contributed by atoms with van der Waals surface area (Å²) < 4.78 is 6.77. The number of hydrogen-bond donors (Lipinski definition) is 1. The second-order valence-corrected chi connectivity index (χ2v) is 5.92. The minimum Gasteiger partial charge on any atom is -0.464 e. The number of nitrogen functional groups attached to an aromatic ring is 1. The number of nitrogens with two attached hydrogens (primary N) is 1. The highest BCUT2D eigenvalue weighted by atomic mass is 16.5. The van der Waals surface area contributed by atoms with Crippen molar-refractivity contribution in [3.8, 4) is 0 Å². The van der Waals surface area contributed by atoms with Gasteiger partial charge in [-0.3, -0.25) is 9.59 Å². The van der Waals surface area contributed by atoms with Gasteiger partial charge in [-0.25, -0.2) is 0 Å². The lowest BCUT2D eigenvalue weighted by Crippen LogP contribution is -2.29. The summed E-state index contributed by atoms with van der Waals surface area (Å²) in [5.74, 6) is 0.0378. The van der Waals surface area contributed by atoms with E-state index in [4.69, 9.17) is 10.5 Å². The molecule has 5 nitrogen and oxygen atoms in total. The Labute approximate surface area is 129 Å². The average molecular weight is 302 g/mol. The first-order valence-corrected chi connectivity index (χ1v) is 7.43. The first kappa shape index (κ1) is 16.1. The van der Waals surface area contributed by atoms with E-state index in [1.165, 1.54) is 6.92 Å². The zero-order valence-electron chi connectivity index (χ0n) is 13.2. The molecule has 2 aromatic rings. The standard InChI is InChI=1S/C17H22N2O3/c1-11(2)9-13(10-22-12(3)20)19-8-7-14-15(17(19)21)5-4-6-16(14)18/h4-8,11,13H,9-10,18H2,1-3H3/t13-/m0/s1. The molecule has 2 rings (SSSR count). The molecule has 0 aliphatic rings. The minimum atomic E-state index is -0.341. The van der Waals surface area contributed by atoms with Crippen LogP contribution < -0.4 is 11.3 Å². The van der Waals surface area contributed by atoms with Crippen LogP contribution in [-0.2, 0) is 9.53 Å². The van der Waals surface area contributed by atoms with Gasteiger partial charge >= 0.3 is 5.97 Å². The lowest BCUT2D eigenvalue weighted by Gasteiger charge is -2.22. The van der Waals surface area contributed by atoms with Crippen LogP contribution in [0.15, 0.2) is 35.3 Å². The van der Waals surface area contributed by atoms with Crippen molar-refractivity contribution in [1.29, 1.82) is 0 Å². The average Bonchev–Trinajstić information content (AvgIpc) is 2.44. The van der Waals surface area contributed by atoms with Crippen LogP contribution in [0.3, 0.4) is 0 Å². The highest BCUT2D eigenvalue weighted by Crippen LogP contribution is 2.21. The molecule has 0 spiro atoms. The number of ether oxygens (including phenoxy) is 1. The van der Waals surface area contributed by atoms with Crippen LogP contribution in [0.1, 0.15) is 33.2 Å². The van der Waals surface area contributed by atoms with Crippen LogP contribution in [-0.4, -0.2) is 17.1 Å². The van der Waals surface area contributed by atoms with Crippen molar-refractivity contribution >= 4 is 22.4 Å². The normalized spacial score (nSPS) is 12.5. The Morgan fingerprint density at radius 3 is 2.64 bits per heavy atom. The molecule has 22 heavy (non-hydrogen) atoms. The van der Waals surface area contributed by atoms with Gasteiger partial charge < -0.3 is 15.0 Å². The van der Waals surface area contributed by atoms with Crippen LogP contribution in [0.4, 0.5) is 5.69 Å². The van der Waals surface area contributed by atoms with E-state index in [9.17, 15) is 9.59 Å². The van der Waals surface area contributed by atoms with Gasteiger partial charge in [0.1, 0.15) is 6.61 Å². The number of carbonyl (C=O) groups is 1. The van der Waals surface area contributed by atoms with Crippen molar-refractivity contribution in [3.05, 3.63) is 40.8 Å². The summed E-state index contributed by atoms with van der Waals surface area (Å²) in [7, 11) is 0. The van der Waals surface area contributed by atoms with Crippen LogP contribution >= 0.6 is 0 Å². The molecule has 1 heterocycles. The van der Waals surface area contributed by atoms with Gasteiger partial charge in [-0.05, 0) is 30.5 Å². The summed E-state index contributed by atoms with van der Waals surface area (Å²) in [6.07, 6.45) is 2.48. The summed E-state index contributed by atoms with van der Waals surface area (Å²) in [6.45, 7) is 5.72. The SMILES string of the molecule is CC(=O)OC[C@H](CC(C)C)n1ccc2c(N)cccc2c1=O. The van der Waals surface area contributed by atoms with Gasteiger partial charge in [0, 0.05) is 29.6 Å². The van der Waals surface area contributed by atoms with Crippen LogP contribution in [0.2, 0.25) is 0 Å². The van der Waals surface area contributed by atoms with E-state index >= 15 is 0 Å². The minimum absolute atomic E-state index is 0.109. The molecule has 0 amide bonds. The Bertz CT molecular complexity index is 734. The van der Waals surface area contributed by atoms with Crippen molar-refractivity contribution in [2.75, 3.05) is 12.3 Å². The van der Waals surface area contributed by atoms with Crippen LogP contribution in [0.25, 0.3) is 10.8 Å². The Kier molecular flexibility index (Phi) is 4.85. The van der Waals surface area contributed by atoms with Gasteiger partial charge in [0.15, 0.2) is 0 Å². The van der Waals surface area contributed by atoms with Gasteiger partial charge in [0.2, 0.25) is 0 Å². The molecule has 0 saturated carbocycles. The lowest BCUT2D eigenvalue weighted by molar-refractivity contribution is -0.142. The molecule has 0 radical (unpaired) electrons. The Balaban J connectivity index is 2.46. The van der Waals surface area contributed by atoms with Crippen LogP contribution in [0.5, 0.6) is 0 Å². The number of nitrogens with zero attached hydrogens (tertiary/aromatic N) is 1. The van der Waals surface area contributed by atoms with Gasteiger partial charge in [0.05, 0.1) is 6.04 Å². The maximum atomic E-state index is 12.7. The van der Waals surface area contributed by atoms with Gasteiger partial charge in [-0.1, -0.05) is 19.9 Å². The molecule has 2 N–H and O–H groups in total. The number of esters is 1. The molecule has 1 atom stereocenters. The Morgan fingerprint density at radius 2 is 2.00 bits per heavy atom. The molecule has 118 valence electrons. The first-order chi connectivity index (χ1) is 10.4. The predicted molar refractivity (Wildman–Crippen MR) is 87.7 cm³/mol. The molecule has 0 fully saturated rings. The Hall–Kier alpha value is -2.30. The highest BCUT2D eigenvalue weighted by Gasteiger charge is 2.17. The number of pyridine rings is 1. The van der Waals surface area contributed by atoms with Gasteiger partial charge in [-0.15, -0.1) is 0 Å². The third kappa shape index (κ3) is 3.47. The number of anilines is 1. The predicted octanol–water partition coefficient (Wildman–Crippen LogP) is 2.73. The molecule has 1 aromatic carbocycles. The van der Waals surface area contributed by atoms with E-state index < -0.39 is 0 Å². The number of rotatable bonds is 5. The summed E-state index contributed by atoms with van der Waals surface area (Å²) >= 11 is 0. The van der Waals surface area contributed by atoms with Crippen molar-refractivity contribution in [2.45, 2.75) is 33.2 Å². The highest BCUT2D eigenvalue weighted by molar-refractivity contribution is 5.91. The summed E-state index contributed by atoms with van der Waals surface area (Å²) in [5.41, 5.74) is 6.39. The van der Waals surface area contributed by atoms with Crippen molar-refractivity contribution in [2.24, 2.45) is 5.92 Å². The number of hydrogen-bond acceptors (Lipinski definition) is 4. The largest absolute Gasteiger partial charge is 0.464 e. The van der Waals surface area contributed by atoms with E-state index in [-0.39, 0.29) is 24.2 Å². The van der Waals surface area contributed by atoms with E-state index in [0.717, 1.165) is 11.8 Å². The van der Waals surface area contributed by atoms with E-state index in [2.05, 4.69) is 13.8 Å². The summed E-state index contributed by atoms with van der Waals surface area (Å²) in [5, 5.41) is 1.33. The third-order valence-corrected chi connectivity index (χ3v) is 3.62. The van der Waals surface area contributed by atoms with Crippen LogP contribution in [0, 0.1) is 5.92 Å². The summed E-state index contributed by atoms with van der Waals surface area (Å²) in [6, 6.07) is 6.97. The Morgan fingerprint density at radius 1 is 1.27 bits per heavy atom. The number of carbonyl (C=O) groups excluding carboxylic acids is 1. The van der Waals surface area contributed by atoms with Crippen molar-refractivity contribution in [3.63, 3.8) is 0 Å². The quantitative estimate of drug-likeness (QED) is 0.680. The number of aromatic nitrogens is 1. The molecule has 0 aliphatic carbocycles. The van der Waals surface area contributed by atoms with Crippen molar-refractivity contribution in [1.82, 2.24) is 4.57 Å². The number of fused-ring (bicyclic) bond motifs is 1. The fourth-order valence-corrected chi connectivity index (χ4v) is 2.62. The van der Waals surface area contributed by atoms with E-state index in [1.807, 2.05) is 6.07 Å². The molecule has 0 aliphatic heterocycles. The lowest BCUT2D eigenvalue weighted by atomic mass is 10.0. The number of benzene rings is 1.